The Bertz CT molecular complexity index is 645. The third kappa shape index (κ3) is 2.24. The molecule has 5 nitrogen and oxygen atoms in total. The van der Waals surface area contributed by atoms with Gasteiger partial charge in [-0.2, -0.15) is 5.10 Å². The lowest BCUT2D eigenvalue weighted by molar-refractivity contribution is 0.0794. The van der Waals surface area contributed by atoms with E-state index < -0.39 is 0 Å². The molecule has 0 aliphatic carbocycles. The van der Waals surface area contributed by atoms with Crippen LogP contribution >= 0.6 is 11.3 Å². The van der Waals surface area contributed by atoms with E-state index in [-0.39, 0.29) is 5.91 Å². The number of hydrogen-bond acceptors (Lipinski definition) is 4. The molecule has 3 heterocycles. The maximum Gasteiger partial charge on any atom is 0.265 e. The van der Waals surface area contributed by atoms with Crippen LogP contribution in [-0.4, -0.2) is 39.1 Å². The average molecular weight is 290 g/mol. The van der Waals surface area contributed by atoms with E-state index in [4.69, 9.17) is 0 Å². The number of carbonyl (C=O) groups excluding carboxylic acids is 1. The van der Waals surface area contributed by atoms with E-state index in [1.807, 2.05) is 24.9 Å². The van der Waals surface area contributed by atoms with Crippen molar-refractivity contribution in [1.29, 1.82) is 0 Å². The van der Waals surface area contributed by atoms with E-state index in [0.29, 0.717) is 5.92 Å². The highest BCUT2D eigenvalue weighted by Gasteiger charge is 2.31. The van der Waals surface area contributed by atoms with Crippen molar-refractivity contribution in [1.82, 2.24) is 20.1 Å². The van der Waals surface area contributed by atoms with Crippen LogP contribution < -0.4 is 0 Å². The molecule has 2 aromatic rings. The highest BCUT2D eigenvalue weighted by molar-refractivity contribution is 7.13. The van der Waals surface area contributed by atoms with Gasteiger partial charge in [-0.3, -0.25) is 9.89 Å². The zero-order chi connectivity index (χ0) is 14.3. The van der Waals surface area contributed by atoms with Gasteiger partial charge in [0.25, 0.3) is 5.91 Å². The lowest BCUT2D eigenvalue weighted by atomic mass is 10.0. The van der Waals surface area contributed by atoms with Gasteiger partial charge >= 0.3 is 0 Å². The molecule has 106 valence electrons. The molecule has 0 saturated carbocycles. The number of rotatable bonds is 2. The molecule has 1 saturated heterocycles. The van der Waals surface area contributed by atoms with Crippen LogP contribution in [0, 0.1) is 20.8 Å². The Kier molecular flexibility index (Phi) is 3.33. The van der Waals surface area contributed by atoms with Gasteiger partial charge in [-0.25, -0.2) is 4.98 Å². The Morgan fingerprint density at radius 1 is 1.45 bits per heavy atom. The molecule has 20 heavy (non-hydrogen) atoms. The Morgan fingerprint density at radius 2 is 2.25 bits per heavy atom. The number of amides is 1. The van der Waals surface area contributed by atoms with Gasteiger partial charge in [0, 0.05) is 24.7 Å². The van der Waals surface area contributed by atoms with Crippen LogP contribution in [0.5, 0.6) is 0 Å². The van der Waals surface area contributed by atoms with Crippen LogP contribution in [0.3, 0.4) is 0 Å². The first-order valence-electron chi connectivity index (χ1n) is 6.79. The molecule has 0 spiro atoms. The van der Waals surface area contributed by atoms with Crippen molar-refractivity contribution < 1.29 is 4.79 Å². The Hall–Kier alpha value is -1.69. The summed E-state index contributed by atoms with van der Waals surface area (Å²) in [6.07, 6.45) is 2.84. The standard InChI is InChI=1S/C14H18N4OS/c1-8-6-15-17-12(8)11-4-5-18(7-11)14(19)13-9(2)16-10(3)20-13/h6,11H,4-5,7H2,1-3H3,(H,15,17)/t11-/m0/s1. The van der Waals surface area contributed by atoms with Crippen LogP contribution in [0.25, 0.3) is 0 Å². The summed E-state index contributed by atoms with van der Waals surface area (Å²) in [6.45, 7) is 7.47. The number of nitrogens with zero attached hydrogens (tertiary/aromatic N) is 3. The molecule has 1 fully saturated rings. The van der Waals surface area contributed by atoms with Crippen molar-refractivity contribution in [2.75, 3.05) is 13.1 Å². The maximum atomic E-state index is 12.6. The van der Waals surface area contributed by atoms with Crippen molar-refractivity contribution in [3.63, 3.8) is 0 Å². The number of aromatic nitrogens is 3. The van der Waals surface area contributed by atoms with Crippen molar-refractivity contribution >= 4 is 17.2 Å². The number of aromatic amines is 1. The fourth-order valence-corrected chi connectivity index (χ4v) is 3.71. The normalized spacial score (nSPS) is 18.8. The molecule has 2 aromatic heterocycles. The molecule has 6 heteroatoms. The summed E-state index contributed by atoms with van der Waals surface area (Å²) in [4.78, 5) is 19.6. The van der Waals surface area contributed by atoms with Crippen molar-refractivity contribution in [2.45, 2.75) is 33.1 Å². The summed E-state index contributed by atoms with van der Waals surface area (Å²) in [6, 6.07) is 0. The van der Waals surface area contributed by atoms with Gasteiger partial charge < -0.3 is 4.90 Å². The first kappa shape index (κ1) is 13.3. The molecule has 1 N–H and O–H groups in total. The second-order valence-corrected chi connectivity index (χ2v) is 6.55. The number of thiazole rings is 1. The third-order valence-electron chi connectivity index (χ3n) is 3.85. The molecule has 1 atom stereocenters. The van der Waals surface area contributed by atoms with Gasteiger partial charge in [-0.05, 0) is 32.8 Å². The molecular weight excluding hydrogens is 272 g/mol. The molecular formula is C14H18N4OS. The Labute approximate surface area is 122 Å². The Morgan fingerprint density at radius 3 is 2.85 bits per heavy atom. The number of nitrogens with one attached hydrogen (secondary N) is 1. The van der Waals surface area contributed by atoms with E-state index in [1.54, 1.807) is 0 Å². The molecule has 0 aromatic carbocycles. The fraction of sp³-hybridized carbons (Fsp3) is 0.500. The second-order valence-electron chi connectivity index (χ2n) is 5.35. The summed E-state index contributed by atoms with van der Waals surface area (Å²) in [5.41, 5.74) is 3.19. The number of carbonyl (C=O) groups is 1. The summed E-state index contributed by atoms with van der Waals surface area (Å²) < 4.78 is 0. The highest BCUT2D eigenvalue weighted by atomic mass is 32.1. The predicted octanol–water partition coefficient (Wildman–Crippen LogP) is 2.42. The lowest BCUT2D eigenvalue weighted by Crippen LogP contribution is -2.28. The summed E-state index contributed by atoms with van der Waals surface area (Å²) in [7, 11) is 0. The maximum absolute atomic E-state index is 12.6. The summed E-state index contributed by atoms with van der Waals surface area (Å²) in [5.74, 6) is 0.489. The largest absolute Gasteiger partial charge is 0.337 e. The van der Waals surface area contributed by atoms with Gasteiger partial charge in [0.2, 0.25) is 0 Å². The van der Waals surface area contributed by atoms with E-state index in [1.165, 1.54) is 16.9 Å². The SMILES string of the molecule is Cc1nc(C)c(C(=O)N2CC[C@H](c3[nH]ncc3C)C2)s1. The second kappa shape index (κ2) is 5.01. The Balaban J connectivity index is 1.76. The van der Waals surface area contributed by atoms with Gasteiger partial charge in [-0.1, -0.05) is 0 Å². The van der Waals surface area contributed by atoms with Crippen LogP contribution in [-0.2, 0) is 0 Å². The van der Waals surface area contributed by atoms with E-state index in [2.05, 4.69) is 22.1 Å². The van der Waals surface area contributed by atoms with Crippen LogP contribution in [0.2, 0.25) is 0 Å². The summed E-state index contributed by atoms with van der Waals surface area (Å²) in [5, 5.41) is 8.09. The van der Waals surface area contributed by atoms with Gasteiger partial charge in [0.1, 0.15) is 4.88 Å². The molecule has 0 bridgehead atoms. The summed E-state index contributed by atoms with van der Waals surface area (Å²) >= 11 is 1.49. The minimum absolute atomic E-state index is 0.118. The smallest absolute Gasteiger partial charge is 0.265 e. The number of hydrogen-bond donors (Lipinski definition) is 1. The lowest BCUT2D eigenvalue weighted by Gasteiger charge is -2.15. The topological polar surface area (TPSA) is 61.9 Å². The van der Waals surface area contributed by atoms with E-state index in [0.717, 1.165) is 40.8 Å². The third-order valence-corrected chi connectivity index (χ3v) is 4.91. The molecule has 3 rings (SSSR count). The minimum Gasteiger partial charge on any atom is -0.337 e. The monoisotopic (exact) mass is 290 g/mol. The van der Waals surface area contributed by atoms with Crippen LogP contribution in [0.1, 0.15) is 44.0 Å². The van der Waals surface area contributed by atoms with E-state index in [9.17, 15) is 4.79 Å². The fourth-order valence-electron chi connectivity index (χ4n) is 2.82. The molecule has 1 aliphatic rings. The zero-order valence-electron chi connectivity index (χ0n) is 11.9. The van der Waals surface area contributed by atoms with Crippen LogP contribution in [0.4, 0.5) is 0 Å². The van der Waals surface area contributed by atoms with Crippen molar-refractivity contribution in [3.8, 4) is 0 Å². The minimum atomic E-state index is 0.118. The van der Waals surface area contributed by atoms with Gasteiger partial charge in [0.05, 0.1) is 16.9 Å². The average Bonchev–Trinajstić information content (AvgIpc) is 3.08. The van der Waals surface area contributed by atoms with Gasteiger partial charge in [0.15, 0.2) is 0 Å². The zero-order valence-corrected chi connectivity index (χ0v) is 12.8. The molecule has 1 amide bonds. The van der Waals surface area contributed by atoms with Gasteiger partial charge in [-0.15, -0.1) is 11.3 Å². The van der Waals surface area contributed by atoms with E-state index >= 15 is 0 Å². The predicted molar refractivity (Wildman–Crippen MR) is 78.2 cm³/mol. The highest BCUT2D eigenvalue weighted by Crippen LogP contribution is 2.30. The first-order chi connectivity index (χ1) is 9.56. The van der Waals surface area contributed by atoms with Crippen molar-refractivity contribution in [3.05, 3.63) is 33.0 Å². The molecule has 1 aliphatic heterocycles. The number of likely N-dealkylation sites (tertiary alicyclic amines) is 1. The van der Waals surface area contributed by atoms with Crippen molar-refractivity contribution in [2.24, 2.45) is 0 Å². The molecule has 0 radical (unpaired) electrons. The first-order valence-corrected chi connectivity index (χ1v) is 7.61. The van der Waals surface area contributed by atoms with Crippen LogP contribution in [0.15, 0.2) is 6.20 Å². The number of H-pyrrole nitrogens is 1. The molecule has 0 unspecified atom stereocenters. The quantitative estimate of drug-likeness (QED) is 0.924. The number of aryl methyl sites for hydroxylation is 3.